The molecule has 3 aliphatic rings. The fourth-order valence-electron chi connectivity index (χ4n) is 3.14. The molecule has 3 aliphatic heterocycles. The van der Waals surface area contributed by atoms with Crippen LogP contribution in [0.15, 0.2) is 0 Å². The number of carbonyl (C=O) groups excluding carboxylic acids is 1. The van der Waals surface area contributed by atoms with Gasteiger partial charge in [-0.1, -0.05) is 0 Å². The topological polar surface area (TPSA) is 60.5 Å². The lowest BCUT2D eigenvalue weighted by molar-refractivity contribution is -0.188. The number of ether oxygens (including phenoxy) is 4. The highest BCUT2D eigenvalue weighted by molar-refractivity contribution is 5.75. The minimum Gasteiger partial charge on any atom is -0.370 e. The van der Waals surface area contributed by atoms with Gasteiger partial charge in [0.25, 0.3) is 0 Å². The standard InChI is InChI=1S/C12H19NO5/c1-6(14)13-8-10(18-12(13,2)3)9(7-5-16-7)17-11(8)15-4/h7-11H,5H2,1-4H3/t7-,8-,9+,10+,11+/m0/s1/i5+1. The first-order chi connectivity index (χ1) is 8.45. The number of amides is 1. The van der Waals surface area contributed by atoms with Crippen LogP contribution in [0.2, 0.25) is 0 Å². The maximum absolute atomic E-state index is 11.9. The average molecular weight is 258 g/mol. The van der Waals surface area contributed by atoms with Gasteiger partial charge in [-0.15, -0.1) is 0 Å². The van der Waals surface area contributed by atoms with Crippen molar-refractivity contribution in [3.8, 4) is 0 Å². The number of hydrogen-bond donors (Lipinski definition) is 0. The number of nitrogens with zero attached hydrogens (tertiary/aromatic N) is 1. The molecular weight excluding hydrogens is 239 g/mol. The Morgan fingerprint density at radius 3 is 2.56 bits per heavy atom. The Bertz CT molecular complexity index is 367. The van der Waals surface area contributed by atoms with Crippen LogP contribution in [-0.2, 0) is 23.7 Å². The zero-order valence-corrected chi connectivity index (χ0v) is 11.1. The molecule has 3 fully saturated rings. The first-order valence-corrected chi connectivity index (χ1v) is 6.23. The Kier molecular flexibility index (Phi) is 2.68. The van der Waals surface area contributed by atoms with E-state index >= 15 is 0 Å². The van der Waals surface area contributed by atoms with E-state index in [2.05, 4.69) is 0 Å². The third-order valence-electron chi connectivity index (χ3n) is 3.83. The average Bonchev–Trinajstić information content (AvgIpc) is 2.98. The minimum absolute atomic E-state index is 0.0319. The Morgan fingerprint density at radius 2 is 2.06 bits per heavy atom. The molecule has 3 heterocycles. The monoisotopic (exact) mass is 258 g/mol. The number of carbonyl (C=O) groups is 1. The molecule has 0 bridgehead atoms. The second-order valence-electron chi connectivity index (χ2n) is 5.49. The van der Waals surface area contributed by atoms with E-state index in [-0.39, 0.29) is 30.3 Å². The van der Waals surface area contributed by atoms with E-state index in [0.29, 0.717) is 6.61 Å². The second kappa shape index (κ2) is 3.90. The van der Waals surface area contributed by atoms with Gasteiger partial charge in [-0.3, -0.25) is 4.79 Å². The number of epoxide rings is 1. The zero-order valence-electron chi connectivity index (χ0n) is 11.1. The molecule has 0 aromatic rings. The number of fused-ring (bicyclic) bond motifs is 1. The number of rotatable bonds is 2. The maximum atomic E-state index is 11.9. The normalized spacial score (nSPS) is 45.1. The molecule has 0 aliphatic carbocycles. The summed E-state index contributed by atoms with van der Waals surface area (Å²) in [6.07, 6.45) is -0.708. The van der Waals surface area contributed by atoms with Crippen molar-refractivity contribution in [3.63, 3.8) is 0 Å². The van der Waals surface area contributed by atoms with Gasteiger partial charge >= 0.3 is 0 Å². The quantitative estimate of drug-likeness (QED) is 0.519. The highest BCUT2D eigenvalue weighted by Crippen LogP contribution is 2.44. The van der Waals surface area contributed by atoms with E-state index in [1.165, 1.54) is 0 Å². The summed E-state index contributed by atoms with van der Waals surface area (Å²) in [5.41, 5.74) is -0.630. The van der Waals surface area contributed by atoms with Crippen LogP contribution in [0, 0.1) is 0 Å². The van der Waals surface area contributed by atoms with Crippen molar-refractivity contribution in [1.29, 1.82) is 0 Å². The van der Waals surface area contributed by atoms with Crippen molar-refractivity contribution < 1.29 is 23.7 Å². The predicted octanol–water partition coefficient (Wildman–Crippen LogP) is 0.108. The van der Waals surface area contributed by atoms with Crippen LogP contribution in [0.3, 0.4) is 0 Å². The van der Waals surface area contributed by atoms with Gasteiger partial charge in [0.15, 0.2) is 6.29 Å². The Hall–Kier alpha value is -0.690. The van der Waals surface area contributed by atoms with Gasteiger partial charge in [-0.2, -0.15) is 0 Å². The molecule has 0 unspecified atom stereocenters. The summed E-state index contributed by atoms with van der Waals surface area (Å²) in [6.45, 7) is 6.02. The van der Waals surface area contributed by atoms with Gasteiger partial charge < -0.3 is 23.8 Å². The first-order valence-electron chi connectivity index (χ1n) is 6.23. The lowest BCUT2D eigenvalue weighted by Crippen LogP contribution is -2.51. The van der Waals surface area contributed by atoms with E-state index < -0.39 is 12.0 Å². The second-order valence-corrected chi connectivity index (χ2v) is 5.49. The largest absolute Gasteiger partial charge is 0.370 e. The summed E-state index contributed by atoms with van der Waals surface area (Å²) in [7, 11) is 1.58. The zero-order chi connectivity index (χ0) is 13.1. The summed E-state index contributed by atoms with van der Waals surface area (Å²) in [6, 6.07) is -0.198. The van der Waals surface area contributed by atoms with Crippen LogP contribution >= 0.6 is 0 Å². The Morgan fingerprint density at radius 1 is 1.39 bits per heavy atom. The lowest BCUT2D eigenvalue weighted by atomic mass is 10.1. The fraction of sp³-hybridized carbons (Fsp3) is 0.917. The van der Waals surface area contributed by atoms with Gasteiger partial charge in [0, 0.05) is 14.0 Å². The molecule has 18 heavy (non-hydrogen) atoms. The molecule has 0 radical (unpaired) electrons. The smallest absolute Gasteiger partial charge is 0.222 e. The van der Waals surface area contributed by atoms with Crippen molar-refractivity contribution >= 4 is 5.91 Å². The van der Waals surface area contributed by atoms with Gasteiger partial charge in [0.2, 0.25) is 5.91 Å². The highest BCUT2D eigenvalue weighted by Gasteiger charge is 2.63. The Balaban J connectivity index is 1.91. The van der Waals surface area contributed by atoms with Crippen molar-refractivity contribution in [2.24, 2.45) is 0 Å². The van der Waals surface area contributed by atoms with Gasteiger partial charge in [0.05, 0.1) is 6.61 Å². The molecule has 0 N–H and O–H groups in total. The summed E-state index contributed by atoms with van der Waals surface area (Å²) in [4.78, 5) is 13.6. The van der Waals surface area contributed by atoms with Gasteiger partial charge in [-0.05, 0) is 13.8 Å². The molecule has 0 aromatic carbocycles. The molecule has 0 saturated carbocycles. The van der Waals surface area contributed by atoms with Crippen molar-refractivity contribution in [1.82, 2.24) is 4.90 Å². The van der Waals surface area contributed by atoms with E-state index in [1.807, 2.05) is 13.8 Å². The molecule has 102 valence electrons. The molecule has 6 heteroatoms. The van der Waals surface area contributed by atoms with Crippen molar-refractivity contribution in [2.75, 3.05) is 13.7 Å². The first kappa shape index (κ1) is 12.3. The van der Waals surface area contributed by atoms with Crippen LogP contribution in [-0.4, -0.2) is 60.9 Å². The maximum Gasteiger partial charge on any atom is 0.222 e. The highest BCUT2D eigenvalue weighted by atomic mass is 16.7. The summed E-state index contributed by atoms with van der Waals surface area (Å²) in [5, 5.41) is 0. The summed E-state index contributed by atoms with van der Waals surface area (Å²) >= 11 is 0. The van der Waals surface area contributed by atoms with Gasteiger partial charge in [0.1, 0.15) is 30.1 Å². The van der Waals surface area contributed by atoms with Crippen molar-refractivity contribution in [2.45, 2.75) is 57.1 Å². The third kappa shape index (κ3) is 1.67. The van der Waals surface area contributed by atoms with Gasteiger partial charge in [-0.25, -0.2) is 0 Å². The lowest BCUT2D eigenvalue weighted by Gasteiger charge is -2.34. The number of methoxy groups -OCH3 is 1. The molecule has 1 amide bonds. The fourth-order valence-corrected chi connectivity index (χ4v) is 3.14. The predicted molar refractivity (Wildman–Crippen MR) is 60.7 cm³/mol. The van der Waals surface area contributed by atoms with E-state index in [0.717, 1.165) is 0 Å². The molecule has 5 atom stereocenters. The van der Waals surface area contributed by atoms with E-state index in [9.17, 15) is 4.79 Å². The molecule has 3 rings (SSSR count). The summed E-state index contributed by atoms with van der Waals surface area (Å²) in [5.74, 6) is -0.0319. The number of hydrogen-bond acceptors (Lipinski definition) is 5. The van der Waals surface area contributed by atoms with E-state index in [1.54, 1.807) is 18.9 Å². The SMILES string of the molecule is CO[C@@H]1O[C@H]([C@@H]2[13CH2]O2)[C@@H]2OC(C)(C)N(C(C)=O)[C@H]12. The molecule has 0 aromatic heterocycles. The molecule has 3 saturated heterocycles. The van der Waals surface area contributed by atoms with Crippen molar-refractivity contribution in [3.05, 3.63) is 0 Å². The third-order valence-corrected chi connectivity index (χ3v) is 3.83. The molecule has 6 nitrogen and oxygen atoms in total. The molecule has 0 spiro atoms. The van der Waals surface area contributed by atoms with Crippen LogP contribution in [0.4, 0.5) is 0 Å². The Labute approximate surface area is 106 Å². The van der Waals surface area contributed by atoms with Crippen LogP contribution < -0.4 is 0 Å². The minimum atomic E-state index is -0.630. The van der Waals surface area contributed by atoms with Crippen LogP contribution in [0.1, 0.15) is 20.8 Å². The van der Waals surface area contributed by atoms with Crippen LogP contribution in [0.25, 0.3) is 0 Å². The van der Waals surface area contributed by atoms with Crippen LogP contribution in [0.5, 0.6) is 0 Å². The molecular formula is C12H19NO5. The van der Waals surface area contributed by atoms with E-state index in [4.69, 9.17) is 18.9 Å². The summed E-state index contributed by atoms with van der Waals surface area (Å²) < 4.78 is 22.5.